The molecule has 0 aliphatic rings. The summed E-state index contributed by atoms with van der Waals surface area (Å²) in [6, 6.07) is 0. The lowest BCUT2D eigenvalue weighted by Gasteiger charge is -2.26. The third-order valence-electron chi connectivity index (χ3n) is 1.91. The largest absolute Gasteiger partial charge is 0.481 e. The Balaban J connectivity index is 4.12. The molecule has 0 rings (SSSR count). The molecule has 4 N–H and O–H groups in total. The van der Waals surface area contributed by atoms with Crippen molar-refractivity contribution in [1.29, 1.82) is 0 Å². The van der Waals surface area contributed by atoms with Crippen molar-refractivity contribution in [2.24, 2.45) is 5.73 Å². The molecular weight excluding hydrogens is 229 g/mol. The van der Waals surface area contributed by atoms with Gasteiger partial charge in [0.1, 0.15) is 0 Å². The van der Waals surface area contributed by atoms with E-state index >= 15 is 0 Å². The molecule has 8 heteroatoms. The zero-order chi connectivity index (χ0) is 13.0. The van der Waals surface area contributed by atoms with E-state index in [2.05, 4.69) is 0 Å². The maximum atomic E-state index is 12.2. The van der Waals surface area contributed by atoms with E-state index in [9.17, 15) is 22.8 Å². The van der Waals surface area contributed by atoms with Crippen LogP contribution in [0, 0.1) is 0 Å². The Morgan fingerprint density at radius 3 is 2.25 bits per heavy atom. The molecule has 0 bridgehead atoms. The lowest BCUT2D eigenvalue weighted by molar-refractivity contribution is -0.187. The topological polar surface area (TPSA) is 92.4 Å². The first-order valence-electron chi connectivity index (χ1n) is 4.44. The van der Waals surface area contributed by atoms with Gasteiger partial charge in [0.15, 0.2) is 5.54 Å². The normalized spacial score (nSPS) is 15.3. The lowest BCUT2D eigenvalue weighted by Crippen LogP contribution is -2.61. The molecule has 0 aliphatic carbocycles. The molecule has 16 heavy (non-hydrogen) atoms. The van der Waals surface area contributed by atoms with Gasteiger partial charge in [-0.1, -0.05) is 0 Å². The van der Waals surface area contributed by atoms with Gasteiger partial charge in [-0.2, -0.15) is 13.2 Å². The first kappa shape index (κ1) is 14.7. The Morgan fingerprint density at radius 2 is 1.88 bits per heavy atom. The summed E-state index contributed by atoms with van der Waals surface area (Å²) in [7, 11) is 0. The molecular formula is C8H13F3N2O3. The minimum Gasteiger partial charge on any atom is -0.481 e. The fraction of sp³-hybridized carbons (Fsp3) is 0.750. The molecule has 0 radical (unpaired) electrons. The number of carbonyl (C=O) groups excluding carboxylic acids is 1. The standard InChI is InChI=1S/C8H13F3N2O3/c1-7(12,8(9,10)11)6(16)13-4-2-3-5(14)15/h2-4,12H2,1H3,(H,13,16)(H,14,15). The number of hydrogen-bond donors (Lipinski definition) is 3. The Kier molecular flexibility index (Phi) is 4.73. The number of carbonyl (C=O) groups is 2. The summed E-state index contributed by atoms with van der Waals surface area (Å²) < 4.78 is 36.7. The van der Waals surface area contributed by atoms with Gasteiger partial charge < -0.3 is 16.2 Å². The molecule has 0 saturated carbocycles. The van der Waals surface area contributed by atoms with Gasteiger partial charge in [0.05, 0.1) is 0 Å². The second-order valence-corrected chi connectivity index (χ2v) is 3.45. The summed E-state index contributed by atoms with van der Waals surface area (Å²) in [5.74, 6) is -2.45. The maximum Gasteiger partial charge on any atom is 0.415 e. The van der Waals surface area contributed by atoms with Crippen LogP contribution in [0.15, 0.2) is 0 Å². The number of aliphatic carboxylic acids is 1. The van der Waals surface area contributed by atoms with Gasteiger partial charge in [0, 0.05) is 13.0 Å². The molecule has 94 valence electrons. The van der Waals surface area contributed by atoms with Crippen molar-refractivity contribution < 1.29 is 27.9 Å². The number of carboxylic acid groups (broad SMARTS) is 1. The number of carboxylic acids is 1. The van der Waals surface area contributed by atoms with Crippen LogP contribution in [0.1, 0.15) is 19.8 Å². The Morgan fingerprint density at radius 1 is 1.38 bits per heavy atom. The highest BCUT2D eigenvalue weighted by Crippen LogP contribution is 2.27. The van der Waals surface area contributed by atoms with Crippen molar-refractivity contribution in [3.05, 3.63) is 0 Å². The fourth-order valence-corrected chi connectivity index (χ4v) is 0.754. The van der Waals surface area contributed by atoms with Gasteiger partial charge in [-0.25, -0.2) is 0 Å². The third kappa shape index (κ3) is 4.05. The molecule has 0 aromatic rings. The van der Waals surface area contributed by atoms with Crippen LogP contribution < -0.4 is 11.1 Å². The highest BCUT2D eigenvalue weighted by atomic mass is 19.4. The van der Waals surface area contributed by atoms with Gasteiger partial charge >= 0.3 is 12.1 Å². The zero-order valence-electron chi connectivity index (χ0n) is 8.60. The molecule has 0 fully saturated rings. The van der Waals surface area contributed by atoms with Gasteiger partial charge in [0.2, 0.25) is 5.91 Å². The molecule has 0 saturated heterocycles. The number of halogens is 3. The number of hydrogen-bond acceptors (Lipinski definition) is 3. The van der Waals surface area contributed by atoms with E-state index in [1.165, 1.54) is 0 Å². The fourth-order valence-electron chi connectivity index (χ4n) is 0.754. The third-order valence-corrected chi connectivity index (χ3v) is 1.91. The van der Waals surface area contributed by atoms with Crippen LogP contribution in [-0.4, -0.2) is 35.2 Å². The van der Waals surface area contributed by atoms with E-state index in [4.69, 9.17) is 10.8 Å². The molecule has 0 aromatic carbocycles. The number of nitrogens with two attached hydrogens (primary N) is 1. The second kappa shape index (κ2) is 5.15. The first-order valence-corrected chi connectivity index (χ1v) is 4.44. The van der Waals surface area contributed by atoms with Crippen molar-refractivity contribution in [3.63, 3.8) is 0 Å². The highest BCUT2D eigenvalue weighted by Gasteiger charge is 2.53. The minimum atomic E-state index is -4.84. The molecule has 0 aromatic heterocycles. The maximum absolute atomic E-state index is 12.2. The van der Waals surface area contributed by atoms with E-state index in [-0.39, 0.29) is 19.4 Å². The molecule has 1 unspecified atom stereocenters. The quantitative estimate of drug-likeness (QED) is 0.602. The molecule has 0 aliphatic heterocycles. The van der Waals surface area contributed by atoms with E-state index in [1.54, 1.807) is 0 Å². The summed E-state index contributed by atoms with van der Waals surface area (Å²) in [6.45, 7) is 0.396. The number of rotatable bonds is 5. The second-order valence-electron chi connectivity index (χ2n) is 3.45. The Bertz CT molecular complexity index is 276. The Hall–Kier alpha value is -1.31. The molecule has 5 nitrogen and oxygen atoms in total. The van der Waals surface area contributed by atoms with Gasteiger partial charge in [-0.3, -0.25) is 9.59 Å². The Labute approximate surface area is 89.8 Å². The molecule has 1 atom stereocenters. The van der Waals surface area contributed by atoms with E-state index < -0.39 is 23.6 Å². The van der Waals surface area contributed by atoms with Crippen LogP contribution in [0.3, 0.4) is 0 Å². The van der Waals surface area contributed by atoms with Crippen LogP contribution in [0.4, 0.5) is 13.2 Å². The summed E-state index contributed by atoms with van der Waals surface area (Å²) in [5, 5.41) is 10.2. The molecule has 0 heterocycles. The number of nitrogens with one attached hydrogen (secondary N) is 1. The SMILES string of the molecule is CC(N)(C(=O)NCCCC(=O)O)C(F)(F)F. The lowest BCUT2D eigenvalue weighted by atomic mass is 10.0. The van der Waals surface area contributed by atoms with Crippen molar-refractivity contribution in [2.45, 2.75) is 31.5 Å². The van der Waals surface area contributed by atoms with Crippen LogP contribution in [-0.2, 0) is 9.59 Å². The summed E-state index contributed by atoms with van der Waals surface area (Å²) in [4.78, 5) is 21.1. The average molecular weight is 242 g/mol. The highest BCUT2D eigenvalue weighted by molar-refractivity contribution is 5.86. The summed E-state index contributed by atoms with van der Waals surface area (Å²) in [6.07, 6.45) is -5.02. The zero-order valence-corrected chi connectivity index (χ0v) is 8.60. The van der Waals surface area contributed by atoms with Crippen LogP contribution in [0.25, 0.3) is 0 Å². The predicted molar refractivity (Wildman–Crippen MR) is 48.5 cm³/mol. The predicted octanol–water partition coefficient (Wildman–Crippen LogP) is 0.247. The van der Waals surface area contributed by atoms with Gasteiger partial charge in [-0.15, -0.1) is 0 Å². The smallest absolute Gasteiger partial charge is 0.415 e. The molecule has 0 spiro atoms. The van der Waals surface area contributed by atoms with E-state index in [1.807, 2.05) is 5.32 Å². The minimum absolute atomic E-state index is 0.0506. The van der Waals surface area contributed by atoms with E-state index in [0.29, 0.717) is 6.92 Å². The molecule has 1 amide bonds. The van der Waals surface area contributed by atoms with Gasteiger partial charge in [-0.05, 0) is 13.3 Å². The first-order chi connectivity index (χ1) is 7.09. The van der Waals surface area contributed by atoms with Gasteiger partial charge in [0.25, 0.3) is 0 Å². The van der Waals surface area contributed by atoms with E-state index in [0.717, 1.165) is 0 Å². The summed E-state index contributed by atoms with van der Waals surface area (Å²) in [5.41, 5.74) is 1.86. The summed E-state index contributed by atoms with van der Waals surface area (Å²) >= 11 is 0. The monoisotopic (exact) mass is 242 g/mol. The number of alkyl halides is 3. The van der Waals surface area contributed by atoms with Crippen molar-refractivity contribution in [2.75, 3.05) is 6.54 Å². The van der Waals surface area contributed by atoms with Crippen LogP contribution in [0.5, 0.6) is 0 Å². The van der Waals surface area contributed by atoms with Crippen LogP contribution in [0.2, 0.25) is 0 Å². The average Bonchev–Trinajstić information content (AvgIpc) is 2.09. The van der Waals surface area contributed by atoms with Crippen molar-refractivity contribution in [3.8, 4) is 0 Å². The van der Waals surface area contributed by atoms with Crippen LogP contribution >= 0.6 is 0 Å². The number of amides is 1. The van der Waals surface area contributed by atoms with Crippen molar-refractivity contribution in [1.82, 2.24) is 5.32 Å². The van der Waals surface area contributed by atoms with Crippen molar-refractivity contribution >= 4 is 11.9 Å².